The maximum atomic E-state index is 11.4. The Hall–Kier alpha value is -1.31. The summed E-state index contributed by atoms with van der Waals surface area (Å²) in [5, 5.41) is 14.6. The molecule has 1 aliphatic heterocycles. The fraction of sp³-hybridized carbons (Fsp3) is 0.500. The Morgan fingerprint density at radius 1 is 1.42 bits per heavy atom. The molecule has 0 spiro atoms. The lowest BCUT2D eigenvalue weighted by Crippen LogP contribution is -2.35. The molecular formula is C12H19N3O3S. The van der Waals surface area contributed by atoms with Crippen LogP contribution < -0.4 is 15.8 Å². The number of nitrogen functional groups attached to an aromatic ring is 1. The third kappa shape index (κ3) is 2.83. The summed E-state index contributed by atoms with van der Waals surface area (Å²) in [5.41, 5.74) is 6.77. The molecule has 1 heterocycles. The van der Waals surface area contributed by atoms with Crippen LogP contribution in [0.3, 0.4) is 0 Å². The molecule has 0 aromatic heterocycles. The van der Waals surface area contributed by atoms with Gasteiger partial charge in [-0.05, 0) is 30.5 Å². The number of nitrogens with two attached hydrogens (primary N) is 2. The topological polar surface area (TPSA) is 110 Å². The molecule has 0 aliphatic carbocycles. The number of anilines is 2. The lowest BCUT2D eigenvalue weighted by Gasteiger charge is -2.27. The molecule has 0 amide bonds. The summed E-state index contributed by atoms with van der Waals surface area (Å²) in [6, 6.07) is 4.53. The lowest BCUT2D eigenvalue weighted by molar-refractivity contribution is 0.245. The van der Waals surface area contributed by atoms with Crippen LogP contribution in [0, 0.1) is 5.92 Å². The Kier molecular flexibility index (Phi) is 3.71. The largest absolute Gasteiger partial charge is 0.399 e. The molecule has 7 heteroatoms. The van der Waals surface area contributed by atoms with E-state index in [1.807, 2.05) is 4.90 Å². The molecular weight excluding hydrogens is 266 g/mol. The Bertz CT molecular complexity index is 574. The SMILES string of the molecule is CC1CCN(c2cc(N)cc(S(N)(=O)=O)c2)C1CO. The van der Waals surface area contributed by atoms with Gasteiger partial charge in [0.15, 0.2) is 0 Å². The fourth-order valence-electron chi connectivity index (χ4n) is 2.54. The average Bonchev–Trinajstić information content (AvgIpc) is 2.68. The zero-order chi connectivity index (χ0) is 14.2. The molecule has 2 unspecified atom stereocenters. The molecule has 19 heavy (non-hydrogen) atoms. The smallest absolute Gasteiger partial charge is 0.238 e. The number of primary sulfonamides is 1. The van der Waals surface area contributed by atoms with Crippen LogP contribution in [0.5, 0.6) is 0 Å². The predicted octanol–water partition coefficient (Wildman–Crippen LogP) is 0.123. The van der Waals surface area contributed by atoms with Crippen LogP contribution in [0.4, 0.5) is 11.4 Å². The second-order valence-corrected chi connectivity index (χ2v) is 6.58. The summed E-state index contributed by atoms with van der Waals surface area (Å²) in [6.45, 7) is 2.86. The van der Waals surface area contributed by atoms with E-state index < -0.39 is 10.0 Å². The summed E-state index contributed by atoms with van der Waals surface area (Å²) >= 11 is 0. The molecule has 106 valence electrons. The Morgan fingerprint density at radius 3 is 2.68 bits per heavy atom. The molecule has 0 radical (unpaired) electrons. The van der Waals surface area contributed by atoms with E-state index in [0.29, 0.717) is 17.3 Å². The monoisotopic (exact) mass is 285 g/mol. The third-order valence-corrected chi connectivity index (χ3v) is 4.54. The van der Waals surface area contributed by atoms with E-state index in [2.05, 4.69) is 6.92 Å². The number of sulfonamides is 1. The molecule has 2 atom stereocenters. The average molecular weight is 285 g/mol. The van der Waals surface area contributed by atoms with Crippen molar-refractivity contribution in [2.24, 2.45) is 11.1 Å². The molecule has 6 nitrogen and oxygen atoms in total. The van der Waals surface area contributed by atoms with Gasteiger partial charge in [-0.3, -0.25) is 0 Å². The minimum atomic E-state index is -3.78. The lowest BCUT2D eigenvalue weighted by atomic mass is 10.0. The second-order valence-electron chi connectivity index (χ2n) is 5.01. The first kappa shape index (κ1) is 14.1. The van der Waals surface area contributed by atoms with E-state index in [1.165, 1.54) is 12.1 Å². The molecule has 1 aromatic rings. The summed E-state index contributed by atoms with van der Waals surface area (Å²) in [4.78, 5) is 1.98. The highest BCUT2D eigenvalue weighted by atomic mass is 32.2. The first-order chi connectivity index (χ1) is 8.82. The highest BCUT2D eigenvalue weighted by molar-refractivity contribution is 7.89. The van der Waals surface area contributed by atoms with Gasteiger partial charge in [0.2, 0.25) is 10.0 Å². The standard InChI is InChI=1S/C12H19N3O3S/c1-8-2-3-15(12(8)7-16)10-4-9(13)5-11(6-10)19(14,17)18/h4-6,8,12,16H,2-3,7,13H2,1H3,(H2,14,17,18). The molecule has 0 saturated carbocycles. The molecule has 1 aliphatic rings. The summed E-state index contributed by atoms with van der Waals surface area (Å²) in [6.07, 6.45) is 0.949. The summed E-state index contributed by atoms with van der Waals surface area (Å²) in [5.74, 6) is 0.351. The van der Waals surface area contributed by atoms with Gasteiger partial charge in [-0.25, -0.2) is 13.6 Å². The molecule has 5 N–H and O–H groups in total. The molecule has 1 saturated heterocycles. The predicted molar refractivity (Wildman–Crippen MR) is 74.2 cm³/mol. The Labute approximate surface area is 113 Å². The van der Waals surface area contributed by atoms with Crippen molar-refractivity contribution in [2.45, 2.75) is 24.3 Å². The van der Waals surface area contributed by atoms with Crippen LogP contribution in [-0.2, 0) is 10.0 Å². The summed E-state index contributed by atoms with van der Waals surface area (Å²) < 4.78 is 22.8. The number of hydrogen-bond donors (Lipinski definition) is 3. The summed E-state index contributed by atoms with van der Waals surface area (Å²) in [7, 11) is -3.78. The van der Waals surface area contributed by atoms with Gasteiger partial charge in [0.25, 0.3) is 0 Å². The minimum absolute atomic E-state index is 0.00116. The van der Waals surface area contributed by atoms with Crippen LogP contribution in [0.15, 0.2) is 23.1 Å². The van der Waals surface area contributed by atoms with E-state index in [1.54, 1.807) is 6.07 Å². The van der Waals surface area contributed by atoms with Crippen molar-refractivity contribution in [3.05, 3.63) is 18.2 Å². The van der Waals surface area contributed by atoms with Gasteiger partial charge in [-0.15, -0.1) is 0 Å². The minimum Gasteiger partial charge on any atom is -0.399 e. The fourth-order valence-corrected chi connectivity index (χ4v) is 3.13. The van der Waals surface area contributed by atoms with Gasteiger partial charge in [0.05, 0.1) is 17.5 Å². The number of aliphatic hydroxyl groups is 1. The normalized spacial score (nSPS) is 23.8. The van der Waals surface area contributed by atoms with Crippen LogP contribution in [-0.4, -0.2) is 32.7 Å². The van der Waals surface area contributed by atoms with Gasteiger partial charge in [-0.2, -0.15) is 0 Å². The van der Waals surface area contributed by atoms with Crippen molar-refractivity contribution in [2.75, 3.05) is 23.8 Å². The molecule has 0 bridgehead atoms. The van der Waals surface area contributed by atoms with Crippen molar-refractivity contribution in [1.29, 1.82) is 0 Å². The van der Waals surface area contributed by atoms with Crippen molar-refractivity contribution in [1.82, 2.24) is 0 Å². The van der Waals surface area contributed by atoms with E-state index in [-0.39, 0.29) is 17.5 Å². The zero-order valence-electron chi connectivity index (χ0n) is 10.8. The van der Waals surface area contributed by atoms with Gasteiger partial charge in [0.1, 0.15) is 0 Å². The van der Waals surface area contributed by atoms with Gasteiger partial charge in [-0.1, -0.05) is 6.92 Å². The van der Waals surface area contributed by atoms with Crippen molar-refractivity contribution >= 4 is 21.4 Å². The highest BCUT2D eigenvalue weighted by Crippen LogP contribution is 2.32. The molecule has 2 rings (SSSR count). The van der Waals surface area contributed by atoms with E-state index in [0.717, 1.165) is 13.0 Å². The Morgan fingerprint density at radius 2 is 2.11 bits per heavy atom. The zero-order valence-corrected chi connectivity index (χ0v) is 11.6. The highest BCUT2D eigenvalue weighted by Gasteiger charge is 2.31. The van der Waals surface area contributed by atoms with Gasteiger partial charge < -0.3 is 15.7 Å². The first-order valence-corrected chi connectivity index (χ1v) is 7.68. The van der Waals surface area contributed by atoms with Crippen LogP contribution in [0.25, 0.3) is 0 Å². The second kappa shape index (κ2) is 4.99. The van der Waals surface area contributed by atoms with Crippen molar-refractivity contribution < 1.29 is 13.5 Å². The van der Waals surface area contributed by atoms with E-state index in [9.17, 15) is 13.5 Å². The number of aliphatic hydroxyl groups excluding tert-OH is 1. The third-order valence-electron chi connectivity index (χ3n) is 3.64. The van der Waals surface area contributed by atoms with Crippen molar-refractivity contribution in [3.63, 3.8) is 0 Å². The molecule has 1 aromatic carbocycles. The number of nitrogens with zero attached hydrogens (tertiary/aromatic N) is 1. The van der Waals surface area contributed by atoms with E-state index in [4.69, 9.17) is 10.9 Å². The quantitative estimate of drug-likeness (QED) is 0.683. The van der Waals surface area contributed by atoms with Gasteiger partial charge in [0, 0.05) is 17.9 Å². The number of rotatable bonds is 3. The molecule has 1 fully saturated rings. The van der Waals surface area contributed by atoms with Crippen LogP contribution >= 0.6 is 0 Å². The number of benzene rings is 1. The van der Waals surface area contributed by atoms with E-state index >= 15 is 0 Å². The maximum absolute atomic E-state index is 11.4. The Balaban J connectivity index is 2.43. The first-order valence-electron chi connectivity index (χ1n) is 6.14. The van der Waals surface area contributed by atoms with Crippen LogP contribution in [0.1, 0.15) is 13.3 Å². The van der Waals surface area contributed by atoms with Gasteiger partial charge >= 0.3 is 0 Å². The number of hydrogen-bond acceptors (Lipinski definition) is 5. The van der Waals surface area contributed by atoms with Crippen molar-refractivity contribution in [3.8, 4) is 0 Å². The van der Waals surface area contributed by atoms with Crippen LogP contribution in [0.2, 0.25) is 0 Å². The maximum Gasteiger partial charge on any atom is 0.238 e.